The smallest absolute Gasteiger partial charge is 0.344 e. The van der Waals surface area contributed by atoms with Crippen LogP contribution in [-0.2, 0) is 14.3 Å². The van der Waals surface area contributed by atoms with Crippen LogP contribution in [0, 0.1) is 0 Å². The number of aliphatic hydroxyl groups is 1. The van der Waals surface area contributed by atoms with Crippen molar-refractivity contribution in [3.05, 3.63) is 136 Å². The number of hydrazine groups is 1. The van der Waals surface area contributed by atoms with Gasteiger partial charge < -0.3 is 57.0 Å². The maximum Gasteiger partial charge on any atom is 0.344 e. The zero-order valence-electron chi connectivity index (χ0n) is 34.8. The van der Waals surface area contributed by atoms with Crippen LogP contribution in [-0.4, -0.2) is 89.8 Å². The summed E-state index contributed by atoms with van der Waals surface area (Å²) in [7, 11) is 0. The summed E-state index contributed by atoms with van der Waals surface area (Å²) in [5.41, 5.74) is 9.69. The third-order valence-electron chi connectivity index (χ3n) is 9.26. The van der Waals surface area contributed by atoms with Gasteiger partial charge in [0.15, 0.2) is 11.5 Å². The quantitative estimate of drug-likeness (QED) is 0.0180. The second kappa shape index (κ2) is 22.4. The third kappa shape index (κ3) is 12.9. The molecule has 0 unspecified atom stereocenters. The molecule has 0 fully saturated rings. The Labute approximate surface area is 373 Å². The predicted octanol–water partition coefficient (Wildman–Crippen LogP) is 5.71. The fourth-order valence-corrected chi connectivity index (χ4v) is 7.31. The van der Waals surface area contributed by atoms with E-state index in [0.717, 1.165) is 29.7 Å². The van der Waals surface area contributed by atoms with Gasteiger partial charge in [0.2, 0.25) is 6.41 Å². The lowest BCUT2D eigenvalue weighted by Gasteiger charge is -2.16. The van der Waals surface area contributed by atoms with Crippen LogP contribution in [0.5, 0.6) is 11.5 Å². The van der Waals surface area contributed by atoms with Crippen LogP contribution < -0.4 is 42.9 Å². The molecular weight excluding hydrogens is 841 g/mol. The first kappa shape index (κ1) is 45.7. The number of phenols is 1. The van der Waals surface area contributed by atoms with Crippen LogP contribution in [0.3, 0.4) is 0 Å². The Hall–Kier alpha value is -7.77. The second-order valence-electron chi connectivity index (χ2n) is 14.1. The number of hydrogen-bond donors (Lipinski definition) is 9. The van der Waals surface area contributed by atoms with Crippen molar-refractivity contribution in [1.29, 1.82) is 0 Å². The van der Waals surface area contributed by atoms with Crippen LogP contribution in [0.15, 0.2) is 129 Å². The summed E-state index contributed by atoms with van der Waals surface area (Å²) >= 11 is 1.12. The van der Waals surface area contributed by atoms with E-state index in [1.165, 1.54) is 35.5 Å². The molecule has 19 heteroatoms. The van der Waals surface area contributed by atoms with Gasteiger partial charge in [-0.25, -0.2) is 20.4 Å². The molecule has 0 saturated heterocycles. The highest BCUT2D eigenvalue weighted by Gasteiger charge is 2.33. The molecule has 64 heavy (non-hydrogen) atoms. The highest BCUT2D eigenvalue weighted by Crippen LogP contribution is 2.41. The van der Waals surface area contributed by atoms with E-state index in [0.29, 0.717) is 59.2 Å². The molecule has 4 aromatic carbocycles. The van der Waals surface area contributed by atoms with Gasteiger partial charge in [0.25, 0.3) is 5.91 Å². The number of unbranched alkanes of at least 4 members (excludes halogenated alkanes) is 1. The fraction of sp³-hybridized carbons (Fsp3) is 0.200. The number of aromatic hydroxyl groups is 1. The topological polar surface area (TPSA) is 267 Å². The first-order valence-electron chi connectivity index (χ1n) is 20.2. The number of thioether (sulfide) groups is 1. The van der Waals surface area contributed by atoms with Crippen molar-refractivity contribution in [1.82, 2.24) is 15.6 Å². The number of esters is 1. The highest BCUT2D eigenvalue weighted by molar-refractivity contribution is 8.18. The van der Waals surface area contributed by atoms with E-state index < -0.39 is 17.9 Å². The van der Waals surface area contributed by atoms with E-state index in [1.807, 2.05) is 30.3 Å². The first-order chi connectivity index (χ1) is 31.0. The van der Waals surface area contributed by atoms with Crippen LogP contribution >= 0.6 is 11.8 Å². The average molecular weight is 889 g/mol. The van der Waals surface area contributed by atoms with Crippen molar-refractivity contribution in [3.8, 4) is 11.5 Å². The van der Waals surface area contributed by atoms with E-state index in [1.54, 1.807) is 49.4 Å². The molecule has 2 heterocycles. The fourth-order valence-electron chi connectivity index (χ4n) is 6.27. The molecule has 0 radical (unpaired) electrons. The van der Waals surface area contributed by atoms with Gasteiger partial charge >= 0.3 is 12.0 Å². The van der Waals surface area contributed by atoms with Gasteiger partial charge in [-0.3, -0.25) is 14.6 Å². The van der Waals surface area contributed by atoms with Gasteiger partial charge in [0, 0.05) is 53.2 Å². The van der Waals surface area contributed by atoms with Crippen molar-refractivity contribution in [3.63, 3.8) is 0 Å². The van der Waals surface area contributed by atoms with Gasteiger partial charge in [-0.2, -0.15) is 0 Å². The normalized spacial score (nSPS) is 14.7. The SMILES string of the molecule is CCOC(=O)C1=C(O)/C(=C/c2ccc(OCCCCN(N)/C=C(\N)CNC(=O)c3cc(NC=O)cc(NC(=O)Nc4ccc(C5=NCCN5)cc4)c3)c(O)c2)SC1=Nc1ccccc1. The zero-order chi connectivity index (χ0) is 45.4. The number of aliphatic hydroxyl groups excluding tert-OH is 1. The summed E-state index contributed by atoms with van der Waals surface area (Å²) < 4.78 is 11.0. The standard InChI is InChI=1S/C45H48N10O8S/c1-2-62-44(60)39-40(58)38(64-43(39)52-32-8-4-3-5-9-32)21-28-10-15-37(36(57)20-28)63-19-7-6-18-55(47)26-31(46)25-50-42(59)30-22-34(51-27-56)24-35(23-30)54-45(61)53-33-13-11-29(12-14-33)41-48-16-17-49-41/h3-5,8-15,20-24,26-27,57-58H,2,6-7,16-19,25,46-47H2,1H3,(H,48,49)(H,50,59)(H,51,56)(H2,53,54,61)/b31-26-,38-21-,52-43?. The number of carbonyl (C=O) groups is 4. The Morgan fingerprint density at radius 2 is 1.73 bits per heavy atom. The minimum atomic E-state index is -0.688. The number of carbonyl (C=O) groups excluding carboxylic acids is 4. The number of ether oxygens (including phenoxy) is 2. The first-order valence-corrected chi connectivity index (χ1v) is 21.0. The molecule has 4 amide bonds. The molecule has 0 spiro atoms. The lowest BCUT2D eigenvalue weighted by molar-refractivity contribution is -0.138. The summed E-state index contributed by atoms with van der Waals surface area (Å²) in [5, 5.41) is 37.2. The molecule has 18 nitrogen and oxygen atoms in total. The van der Waals surface area contributed by atoms with Gasteiger partial charge in [0.1, 0.15) is 22.2 Å². The summed E-state index contributed by atoms with van der Waals surface area (Å²) in [4.78, 5) is 59.1. The van der Waals surface area contributed by atoms with E-state index >= 15 is 0 Å². The molecule has 0 aromatic heterocycles. The second-order valence-corrected chi connectivity index (χ2v) is 15.1. The van der Waals surface area contributed by atoms with Gasteiger partial charge in [-0.1, -0.05) is 36.0 Å². The third-order valence-corrected chi connectivity index (χ3v) is 10.3. The monoisotopic (exact) mass is 888 g/mol. The number of anilines is 3. The number of amidine groups is 1. The molecule has 0 saturated carbocycles. The predicted molar refractivity (Wildman–Crippen MR) is 248 cm³/mol. The average Bonchev–Trinajstić information content (AvgIpc) is 3.92. The Morgan fingerprint density at radius 1 is 0.969 bits per heavy atom. The molecule has 6 rings (SSSR count). The zero-order valence-corrected chi connectivity index (χ0v) is 35.6. The van der Waals surface area contributed by atoms with E-state index in [4.69, 9.17) is 21.1 Å². The Bertz CT molecular complexity index is 2510. The van der Waals surface area contributed by atoms with Crippen molar-refractivity contribution < 1.29 is 38.9 Å². The molecule has 332 valence electrons. The number of nitrogens with one attached hydrogen (secondary N) is 5. The molecule has 4 aromatic rings. The minimum Gasteiger partial charge on any atom is -0.506 e. The number of amides is 4. The Kier molecular flexibility index (Phi) is 16.0. The lowest BCUT2D eigenvalue weighted by Crippen LogP contribution is -2.32. The number of urea groups is 1. The number of phenolic OH excluding ortho intramolecular Hbond substituents is 1. The maximum atomic E-state index is 13.1. The van der Waals surface area contributed by atoms with E-state index in [2.05, 4.69) is 36.6 Å². The molecule has 0 atom stereocenters. The number of nitrogens with two attached hydrogens (primary N) is 2. The van der Waals surface area contributed by atoms with E-state index in [-0.39, 0.29) is 65.2 Å². The van der Waals surface area contributed by atoms with Crippen molar-refractivity contribution in [2.45, 2.75) is 19.8 Å². The number of hydrogen-bond acceptors (Lipinski definition) is 15. The van der Waals surface area contributed by atoms with Crippen molar-refractivity contribution in [2.24, 2.45) is 21.6 Å². The summed E-state index contributed by atoms with van der Waals surface area (Å²) in [6.45, 7) is 3.94. The minimum absolute atomic E-state index is 0.0289. The van der Waals surface area contributed by atoms with Gasteiger partial charge in [-0.15, -0.1) is 0 Å². The number of benzene rings is 4. The van der Waals surface area contributed by atoms with Gasteiger partial charge in [-0.05, 0) is 98.1 Å². The van der Waals surface area contributed by atoms with Crippen LogP contribution in [0.2, 0.25) is 0 Å². The number of aliphatic imine (C=N–C) groups is 2. The lowest BCUT2D eigenvalue weighted by atomic mass is 10.1. The van der Waals surface area contributed by atoms with Crippen molar-refractivity contribution in [2.75, 3.05) is 55.3 Å². The number of rotatable bonds is 19. The molecule has 0 bridgehead atoms. The molecular formula is C45H48N10O8S. The maximum absolute atomic E-state index is 13.1. The van der Waals surface area contributed by atoms with Crippen molar-refractivity contribution >= 4 is 75.8 Å². The Morgan fingerprint density at radius 3 is 2.45 bits per heavy atom. The summed E-state index contributed by atoms with van der Waals surface area (Å²) in [6, 6.07) is 24.9. The Balaban J connectivity index is 0.947. The van der Waals surface area contributed by atoms with Crippen LogP contribution in [0.1, 0.15) is 41.3 Å². The molecule has 2 aliphatic heterocycles. The van der Waals surface area contributed by atoms with Crippen LogP contribution in [0.4, 0.5) is 27.5 Å². The molecule has 2 aliphatic rings. The number of nitrogens with zero attached hydrogens (tertiary/aromatic N) is 3. The van der Waals surface area contributed by atoms with Gasteiger partial charge in [0.05, 0.1) is 36.9 Å². The summed E-state index contributed by atoms with van der Waals surface area (Å²) in [6.07, 6.45) is 4.77. The molecule has 11 N–H and O–H groups in total. The number of para-hydroxylation sites is 1. The van der Waals surface area contributed by atoms with E-state index in [9.17, 15) is 29.4 Å². The molecule has 0 aliphatic carbocycles. The largest absolute Gasteiger partial charge is 0.506 e. The summed E-state index contributed by atoms with van der Waals surface area (Å²) in [5.74, 6) is 5.61. The van der Waals surface area contributed by atoms with Crippen LogP contribution in [0.25, 0.3) is 6.08 Å². The highest BCUT2D eigenvalue weighted by atomic mass is 32.2.